The first-order chi connectivity index (χ1) is 8.81. The van der Waals surface area contributed by atoms with E-state index >= 15 is 0 Å². The summed E-state index contributed by atoms with van der Waals surface area (Å²) in [5.74, 6) is 0. The van der Waals surface area contributed by atoms with Crippen molar-refractivity contribution in [3.05, 3.63) is 47.9 Å². The monoisotopic (exact) mass is 250 g/mol. The van der Waals surface area contributed by atoms with Crippen LogP contribution in [0, 0.1) is 0 Å². The first-order valence-corrected chi connectivity index (χ1v) is 6.42. The maximum atomic E-state index is 8.84. The van der Waals surface area contributed by atoms with Crippen LogP contribution in [0.5, 0.6) is 0 Å². The fourth-order valence-electron chi connectivity index (χ4n) is 1.12. The summed E-state index contributed by atoms with van der Waals surface area (Å²) in [7, 11) is 0. The Balaban J connectivity index is 0. The Labute approximate surface area is 111 Å². The van der Waals surface area contributed by atoms with Crippen LogP contribution in [0.2, 0.25) is 0 Å². The van der Waals surface area contributed by atoms with Crippen LogP contribution in [0.4, 0.5) is 0 Å². The van der Waals surface area contributed by atoms with Gasteiger partial charge in [0.1, 0.15) is 0 Å². The number of allylic oxidation sites excluding steroid dienone is 3. The number of nitrogens with zero attached hydrogens (tertiary/aromatic N) is 1. The van der Waals surface area contributed by atoms with E-state index in [1.807, 2.05) is 52.8 Å². The van der Waals surface area contributed by atoms with E-state index in [2.05, 4.69) is 4.98 Å². The number of aliphatic hydroxyl groups is 1. The van der Waals surface area contributed by atoms with Crippen molar-refractivity contribution >= 4 is 5.57 Å². The van der Waals surface area contributed by atoms with E-state index in [1.54, 1.807) is 12.3 Å². The number of aliphatic hydroxyl groups excluding tert-OH is 1. The average molecular weight is 250 g/mol. The van der Waals surface area contributed by atoms with Gasteiger partial charge in [-0.2, -0.15) is 0 Å². The molecule has 1 rings (SSSR count). The summed E-state index contributed by atoms with van der Waals surface area (Å²) in [5.41, 5.74) is 7.94. The Kier molecular flexibility index (Phi) is 14.0. The van der Waals surface area contributed by atoms with Crippen LogP contribution in [0.1, 0.15) is 45.9 Å². The molecule has 0 aliphatic carbocycles. The first kappa shape index (κ1) is 18.7. The molecule has 0 amide bonds. The molecule has 0 unspecified atom stereocenters. The fourth-order valence-corrected chi connectivity index (χ4v) is 1.12. The predicted octanol–water partition coefficient (Wildman–Crippen LogP) is 3.50. The molecule has 0 spiro atoms. The van der Waals surface area contributed by atoms with Gasteiger partial charge in [0.2, 0.25) is 0 Å². The summed E-state index contributed by atoms with van der Waals surface area (Å²) >= 11 is 0. The molecule has 1 aromatic rings. The maximum absolute atomic E-state index is 8.84. The van der Waals surface area contributed by atoms with Gasteiger partial charge in [-0.3, -0.25) is 4.98 Å². The zero-order chi connectivity index (χ0) is 14.4. The van der Waals surface area contributed by atoms with Crippen molar-refractivity contribution in [3.8, 4) is 0 Å². The second kappa shape index (κ2) is 13.5. The SMILES string of the molecule is C/C=C(\C=C/N)c1ccc(CO)cn1.CC.CC. The normalized spacial score (nSPS) is 10.2. The highest BCUT2D eigenvalue weighted by Crippen LogP contribution is 2.13. The smallest absolute Gasteiger partial charge is 0.0699 e. The Morgan fingerprint density at radius 1 is 1.28 bits per heavy atom. The van der Waals surface area contributed by atoms with E-state index in [0.717, 1.165) is 16.8 Å². The van der Waals surface area contributed by atoms with Crippen molar-refractivity contribution < 1.29 is 5.11 Å². The molecule has 0 saturated carbocycles. The lowest BCUT2D eigenvalue weighted by Gasteiger charge is -2.01. The van der Waals surface area contributed by atoms with Crippen LogP contribution in [0.25, 0.3) is 5.57 Å². The van der Waals surface area contributed by atoms with Gasteiger partial charge in [0.25, 0.3) is 0 Å². The highest BCUT2D eigenvalue weighted by atomic mass is 16.3. The molecule has 0 radical (unpaired) electrons. The number of aromatic nitrogens is 1. The predicted molar refractivity (Wildman–Crippen MR) is 79.8 cm³/mol. The standard InChI is InChI=1S/C11H14N2O.2C2H6/c1-2-10(5-6-12)11-4-3-9(8-14)7-13-11;2*1-2/h2-7,14H,8,12H2,1H3;2*1-2H3/b6-5-,10-2+;;. The second-order valence-electron chi connectivity index (χ2n) is 2.81. The summed E-state index contributed by atoms with van der Waals surface area (Å²) in [5, 5.41) is 8.84. The number of hydrogen-bond acceptors (Lipinski definition) is 3. The van der Waals surface area contributed by atoms with Crippen LogP contribution in [-0.2, 0) is 6.61 Å². The quantitative estimate of drug-likeness (QED) is 0.807. The molecule has 3 nitrogen and oxygen atoms in total. The van der Waals surface area contributed by atoms with E-state index in [1.165, 1.54) is 6.20 Å². The molecule has 0 bridgehead atoms. The lowest BCUT2D eigenvalue weighted by molar-refractivity contribution is 0.281. The lowest BCUT2D eigenvalue weighted by atomic mass is 10.1. The molecule has 18 heavy (non-hydrogen) atoms. The number of rotatable bonds is 3. The van der Waals surface area contributed by atoms with Crippen molar-refractivity contribution in [3.63, 3.8) is 0 Å². The molecule has 0 aliphatic rings. The van der Waals surface area contributed by atoms with Crippen LogP contribution in [-0.4, -0.2) is 10.1 Å². The lowest BCUT2D eigenvalue weighted by Crippen LogP contribution is -1.90. The summed E-state index contributed by atoms with van der Waals surface area (Å²) < 4.78 is 0. The van der Waals surface area contributed by atoms with Gasteiger partial charge in [0.15, 0.2) is 0 Å². The Bertz CT molecular complexity index is 340. The largest absolute Gasteiger partial charge is 0.405 e. The minimum Gasteiger partial charge on any atom is -0.405 e. The third kappa shape index (κ3) is 6.86. The molecule has 0 fully saturated rings. The molecule has 102 valence electrons. The summed E-state index contributed by atoms with van der Waals surface area (Å²) in [6.07, 6.45) is 6.87. The minimum absolute atomic E-state index is 0.0190. The number of nitrogens with two attached hydrogens (primary N) is 1. The highest BCUT2D eigenvalue weighted by Gasteiger charge is 1.98. The molecule has 0 saturated heterocycles. The Morgan fingerprint density at radius 2 is 1.89 bits per heavy atom. The van der Waals surface area contributed by atoms with Gasteiger partial charge < -0.3 is 10.8 Å². The van der Waals surface area contributed by atoms with Crippen LogP contribution in [0.15, 0.2) is 36.7 Å². The van der Waals surface area contributed by atoms with Crippen molar-refractivity contribution in [1.82, 2.24) is 4.98 Å². The Hall–Kier alpha value is -1.61. The summed E-state index contributed by atoms with van der Waals surface area (Å²) in [6.45, 7) is 9.95. The number of hydrogen-bond donors (Lipinski definition) is 2. The zero-order valence-electron chi connectivity index (χ0n) is 12.1. The first-order valence-electron chi connectivity index (χ1n) is 6.42. The molecule has 1 heterocycles. The van der Waals surface area contributed by atoms with Crippen molar-refractivity contribution in [2.75, 3.05) is 0 Å². The molecular formula is C15H26N2O. The molecule has 0 aliphatic heterocycles. The second-order valence-corrected chi connectivity index (χ2v) is 2.81. The zero-order valence-corrected chi connectivity index (χ0v) is 12.1. The van der Waals surface area contributed by atoms with Gasteiger partial charge in [-0.15, -0.1) is 0 Å². The van der Waals surface area contributed by atoms with E-state index in [4.69, 9.17) is 10.8 Å². The molecule has 3 heteroatoms. The molecule has 0 atom stereocenters. The van der Waals surface area contributed by atoms with E-state index in [0.29, 0.717) is 0 Å². The van der Waals surface area contributed by atoms with Gasteiger partial charge in [-0.25, -0.2) is 0 Å². The van der Waals surface area contributed by atoms with Gasteiger partial charge in [-0.1, -0.05) is 39.8 Å². The van der Waals surface area contributed by atoms with Gasteiger partial charge >= 0.3 is 0 Å². The van der Waals surface area contributed by atoms with Gasteiger partial charge in [-0.05, 0) is 36.4 Å². The average Bonchev–Trinajstić information content (AvgIpc) is 2.49. The molecular weight excluding hydrogens is 224 g/mol. The van der Waals surface area contributed by atoms with Crippen LogP contribution < -0.4 is 5.73 Å². The van der Waals surface area contributed by atoms with E-state index in [9.17, 15) is 0 Å². The van der Waals surface area contributed by atoms with Gasteiger partial charge in [0, 0.05) is 6.20 Å². The number of pyridine rings is 1. The van der Waals surface area contributed by atoms with Crippen LogP contribution in [0.3, 0.4) is 0 Å². The molecule has 3 N–H and O–H groups in total. The third-order valence-electron chi connectivity index (χ3n) is 1.89. The highest BCUT2D eigenvalue weighted by molar-refractivity contribution is 5.71. The molecule has 1 aromatic heterocycles. The van der Waals surface area contributed by atoms with Crippen molar-refractivity contribution in [2.24, 2.45) is 5.73 Å². The Morgan fingerprint density at radius 3 is 2.22 bits per heavy atom. The van der Waals surface area contributed by atoms with Gasteiger partial charge in [0.05, 0.1) is 12.3 Å². The minimum atomic E-state index is 0.0190. The van der Waals surface area contributed by atoms with E-state index < -0.39 is 0 Å². The summed E-state index contributed by atoms with van der Waals surface area (Å²) in [4.78, 5) is 4.20. The van der Waals surface area contributed by atoms with E-state index in [-0.39, 0.29) is 6.61 Å². The maximum Gasteiger partial charge on any atom is 0.0699 e. The third-order valence-corrected chi connectivity index (χ3v) is 1.89. The summed E-state index contributed by atoms with van der Waals surface area (Å²) in [6, 6.07) is 3.71. The van der Waals surface area contributed by atoms with Crippen molar-refractivity contribution in [1.29, 1.82) is 0 Å². The fraction of sp³-hybridized carbons (Fsp3) is 0.400. The molecule has 0 aromatic carbocycles. The van der Waals surface area contributed by atoms with Crippen LogP contribution >= 0.6 is 0 Å². The van der Waals surface area contributed by atoms with Crippen molar-refractivity contribution in [2.45, 2.75) is 41.2 Å². The topological polar surface area (TPSA) is 59.1 Å².